The first-order valence-electron chi connectivity index (χ1n) is 5.68. The molecule has 0 bridgehead atoms. The Morgan fingerprint density at radius 3 is 3.00 bits per heavy atom. The zero-order valence-electron chi connectivity index (χ0n) is 9.93. The van der Waals surface area contributed by atoms with Crippen molar-refractivity contribution in [3.05, 3.63) is 36.4 Å². The van der Waals surface area contributed by atoms with E-state index >= 15 is 0 Å². The van der Waals surface area contributed by atoms with Crippen molar-refractivity contribution in [2.75, 3.05) is 5.32 Å². The number of furan rings is 1. The van der Waals surface area contributed by atoms with Crippen LogP contribution < -0.4 is 5.32 Å². The van der Waals surface area contributed by atoms with E-state index in [0.29, 0.717) is 6.54 Å². The van der Waals surface area contributed by atoms with Crippen LogP contribution in [0.1, 0.15) is 25.5 Å². The quantitative estimate of drug-likeness (QED) is 0.861. The van der Waals surface area contributed by atoms with Crippen LogP contribution >= 0.6 is 12.4 Å². The molecule has 0 unspecified atom stereocenters. The first-order chi connectivity index (χ1) is 7.90. The van der Waals surface area contributed by atoms with Gasteiger partial charge in [-0.15, -0.1) is 12.4 Å². The van der Waals surface area contributed by atoms with Crippen molar-refractivity contribution in [3.63, 3.8) is 0 Å². The molecule has 0 amide bonds. The molecule has 4 nitrogen and oxygen atoms in total. The molecule has 0 saturated heterocycles. The first-order valence-corrected chi connectivity index (χ1v) is 5.68. The highest BCUT2D eigenvalue weighted by Crippen LogP contribution is 2.10. The number of nitrogens with one attached hydrogen (secondary N) is 1. The number of unbranched alkanes of at least 4 members (excludes halogenated alkanes) is 1. The first kappa shape index (κ1) is 13.6. The number of hydrogen-bond donors (Lipinski definition) is 1. The predicted octanol–water partition coefficient (Wildman–Crippen LogP) is 3.31. The van der Waals surface area contributed by atoms with Gasteiger partial charge in [0.2, 0.25) is 0 Å². The van der Waals surface area contributed by atoms with Gasteiger partial charge in [0.1, 0.15) is 11.6 Å². The lowest BCUT2D eigenvalue weighted by Crippen LogP contribution is -2.07. The summed E-state index contributed by atoms with van der Waals surface area (Å²) in [5, 5.41) is 7.59. The highest BCUT2D eigenvalue weighted by Gasteiger charge is 2.02. The average molecular weight is 256 g/mol. The molecular weight excluding hydrogens is 238 g/mol. The Bertz CT molecular complexity index is 411. The number of rotatable bonds is 6. The van der Waals surface area contributed by atoms with Gasteiger partial charge in [-0.25, -0.2) is 4.68 Å². The van der Waals surface area contributed by atoms with Crippen molar-refractivity contribution >= 4 is 18.2 Å². The van der Waals surface area contributed by atoms with E-state index in [1.807, 2.05) is 29.1 Å². The lowest BCUT2D eigenvalue weighted by atomic mass is 10.3. The van der Waals surface area contributed by atoms with Crippen molar-refractivity contribution in [2.24, 2.45) is 0 Å². The molecule has 0 atom stereocenters. The van der Waals surface area contributed by atoms with E-state index in [4.69, 9.17) is 4.42 Å². The van der Waals surface area contributed by atoms with E-state index in [9.17, 15) is 0 Å². The van der Waals surface area contributed by atoms with Crippen molar-refractivity contribution in [3.8, 4) is 0 Å². The van der Waals surface area contributed by atoms with Crippen molar-refractivity contribution < 1.29 is 4.42 Å². The number of anilines is 1. The maximum atomic E-state index is 5.26. The molecule has 17 heavy (non-hydrogen) atoms. The molecule has 0 aliphatic rings. The van der Waals surface area contributed by atoms with Crippen LogP contribution in [0.15, 0.2) is 35.1 Å². The van der Waals surface area contributed by atoms with Gasteiger partial charge in [0.05, 0.1) is 19.0 Å². The molecule has 0 fully saturated rings. The minimum atomic E-state index is 0. The summed E-state index contributed by atoms with van der Waals surface area (Å²) in [6, 6.07) is 5.84. The third-order valence-electron chi connectivity index (χ3n) is 2.46. The van der Waals surface area contributed by atoms with Gasteiger partial charge in [0.15, 0.2) is 0 Å². The SMILES string of the molecule is CCCCn1nccc1NCc1ccco1.Cl. The van der Waals surface area contributed by atoms with Gasteiger partial charge in [-0.1, -0.05) is 13.3 Å². The summed E-state index contributed by atoms with van der Waals surface area (Å²) in [5.41, 5.74) is 0. The van der Waals surface area contributed by atoms with E-state index in [-0.39, 0.29) is 12.4 Å². The lowest BCUT2D eigenvalue weighted by molar-refractivity contribution is 0.515. The Hall–Kier alpha value is -1.42. The summed E-state index contributed by atoms with van der Waals surface area (Å²) >= 11 is 0. The van der Waals surface area contributed by atoms with Crippen LogP contribution in [0, 0.1) is 0 Å². The fourth-order valence-electron chi connectivity index (χ4n) is 1.56. The van der Waals surface area contributed by atoms with Crippen LogP contribution in [-0.2, 0) is 13.1 Å². The normalized spacial score (nSPS) is 9.94. The second-order valence-electron chi connectivity index (χ2n) is 3.73. The number of hydrogen-bond acceptors (Lipinski definition) is 3. The zero-order chi connectivity index (χ0) is 11.2. The molecular formula is C12H18ClN3O. The molecule has 94 valence electrons. The smallest absolute Gasteiger partial charge is 0.124 e. The minimum absolute atomic E-state index is 0. The third-order valence-corrected chi connectivity index (χ3v) is 2.46. The second-order valence-corrected chi connectivity index (χ2v) is 3.73. The molecule has 5 heteroatoms. The molecule has 0 aliphatic heterocycles. The third kappa shape index (κ3) is 3.82. The Balaban J connectivity index is 0.00000144. The standard InChI is InChI=1S/C12H17N3O.ClH/c1-2-3-8-15-12(6-7-14-15)13-10-11-5-4-9-16-11;/h4-7,9,13H,2-3,8,10H2,1H3;1H. The molecule has 2 rings (SSSR count). The molecule has 2 heterocycles. The van der Waals surface area contributed by atoms with Gasteiger partial charge in [-0.05, 0) is 18.6 Å². The van der Waals surface area contributed by atoms with Crippen LogP contribution in [0.5, 0.6) is 0 Å². The van der Waals surface area contributed by atoms with E-state index in [1.54, 1.807) is 6.26 Å². The van der Waals surface area contributed by atoms with Crippen LogP contribution in [0.2, 0.25) is 0 Å². The fourth-order valence-corrected chi connectivity index (χ4v) is 1.56. The molecule has 2 aromatic rings. The zero-order valence-corrected chi connectivity index (χ0v) is 10.7. The summed E-state index contributed by atoms with van der Waals surface area (Å²) in [6.45, 7) is 3.84. The summed E-state index contributed by atoms with van der Waals surface area (Å²) in [5.74, 6) is 1.98. The van der Waals surface area contributed by atoms with Crippen LogP contribution in [0.3, 0.4) is 0 Å². The molecule has 0 radical (unpaired) electrons. The summed E-state index contributed by atoms with van der Waals surface area (Å²) in [6.07, 6.45) is 5.83. The molecule has 0 aromatic carbocycles. The second kappa shape index (κ2) is 7.01. The van der Waals surface area contributed by atoms with Gasteiger partial charge < -0.3 is 9.73 Å². The van der Waals surface area contributed by atoms with Gasteiger partial charge in [0, 0.05) is 12.6 Å². The van der Waals surface area contributed by atoms with Gasteiger partial charge in [-0.2, -0.15) is 5.10 Å². The maximum Gasteiger partial charge on any atom is 0.124 e. The van der Waals surface area contributed by atoms with Gasteiger partial charge in [-0.3, -0.25) is 0 Å². The summed E-state index contributed by atoms with van der Waals surface area (Å²) in [7, 11) is 0. The molecule has 0 aliphatic carbocycles. The highest BCUT2D eigenvalue weighted by atomic mass is 35.5. The fraction of sp³-hybridized carbons (Fsp3) is 0.417. The van der Waals surface area contributed by atoms with Crippen LogP contribution in [0.4, 0.5) is 5.82 Å². The Labute approximate surface area is 107 Å². The van der Waals surface area contributed by atoms with Gasteiger partial charge in [0.25, 0.3) is 0 Å². The maximum absolute atomic E-state index is 5.26. The largest absolute Gasteiger partial charge is 0.467 e. The summed E-state index contributed by atoms with van der Waals surface area (Å²) in [4.78, 5) is 0. The van der Waals surface area contributed by atoms with Crippen molar-refractivity contribution in [1.29, 1.82) is 0 Å². The molecule has 0 spiro atoms. The lowest BCUT2D eigenvalue weighted by Gasteiger charge is -2.07. The van der Waals surface area contributed by atoms with E-state index in [2.05, 4.69) is 17.3 Å². The van der Waals surface area contributed by atoms with E-state index in [1.165, 1.54) is 6.42 Å². The number of halogens is 1. The monoisotopic (exact) mass is 255 g/mol. The van der Waals surface area contributed by atoms with Gasteiger partial charge >= 0.3 is 0 Å². The molecule has 0 saturated carbocycles. The number of aromatic nitrogens is 2. The van der Waals surface area contributed by atoms with Crippen LogP contribution in [0.25, 0.3) is 0 Å². The van der Waals surface area contributed by atoms with E-state index in [0.717, 1.165) is 24.5 Å². The van der Waals surface area contributed by atoms with Crippen molar-refractivity contribution in [2.45, 2.75) is 32.9 Å². The number of nitrogens with zero attached hydrogens (tertiary/aromatic N) is 2. The van der Waals surface area contributed by atoms with E-state index < -0.39 is 0 Å². The van der Waals surface area contributed by atoms with Crippen LogP contribution in [-0.4, -0.2) is 9.78 Å². The Kier molecular flexibility index (Phi) is 5.63. The Morgan fingerprint density at radius 1 is 1.41 bits per heavy atom. The minimum Gasteiger partial charge on any atom is -0.467 e. The Morgan fingerprint density at radius 2 is 2.29 bits per heavy atom. The molecule has 2 aromatic heterocycles. The topological polar surface area (TPSA) is 43.0 Å². The molecule has 1 N–H and O–H groups in total. The predicted molar refractivity (Wildman–Crippen MR) is 70.4 cm³/mol. The summed E-state index contributed by atoms with van der Waals surface area (Å²) < 4.78 is 7.25. The number of aryl methyl sites for hydroxylation is 1. The highest BCUT2D eigenvalue weighted by molar-refractivity contribution is 5.85. The van der Waals surface area contributed by atoms with Crippen molar-refractivity contribution in [1.82, 2.24) is 9.78 Å². The average Bonchev–Trinajstić information content (AvgIpc) is 2.94.